The molecule has 1 saturated carbocycles. The maximum absolute atomic E-state index is 10.0. The van der Waals surface area contributed by atoms with Crippen molar-refractivity contribution in [1.82, 2.24) is 4.90 Å². The highest BCUT2D eigenvalue weighted by Gasteiger charge is 2.45. The van der Waals surface area contributed by atoms with E-state index in [1.807, 2.05) is 6.92 Å². The molecule has 0 spiro atoms. The molecule has 2 rings (SSSR count). The van der Waals surface area contributed by atoms with Crippen LogP contribution in [0.2, 0.25) is 0 Å². The molecule has 1 aliphatic carbocycles. The van der Waals surface area contributed by atoms with Gasteiger partial charge in [0.25, 0.3) is 0 Å². The minimum Gasteiger partial charge on any atom is -0.353 e. The van der Waals surface area contributed by atoms with Gasteiger partial charge in [-0.05, 0) is 32.1 Å². The lowest BCUT2D eigenvalue weighted by Crippen LogP contribution is -2.52. The molecule has 0 radical (unpaired) electrons. The second-order valence-corrected chi connectivity index (χ2v) is 4.35. The minimum absolute atomic E-state index is 0.562. The lowest BCUT2D eigenvalue weighted by atomic mass is 10.1. The maximum Gasteiger partial charge on any atom is 0.224 e. The summed E-state index contributed by atoms with van der Waals surface area (Å²) in [6.07, 6.45) is 3.82. The summed E-state index contributed by atoms with van der Waals surface area (Å²) in [5.74, 6) is -0.230. The number of likely N-dealkylation sites (tertiary alicyclic amines) is 1. The van der Waals surface area contributed by atoms with Crippen molar-refractivity contribution in [1.29, 1.82) is 0 Å². The lowest BCUT2D eigenvalue weighted by Gasteiger charge is -2.38. The van der Waals surface area contributed by atoms with E-state index in [-0.39, 0.29) is 0 Å². The molecule has 2 aliphatic rings. The Morgan fingerprint density at radius 1 is 1.54 bits per heavy atom. The fourth-order valence-electron chi connectivity index (χ4n) is 2.79. The SMILES string of the molecule is CCOC(C)(O)N1CC2CCC1C2. The third-order valence-electron chi connectivity index (χ3n) is 3.36. The Morgan fingerprint density at radius 3 is 2.77 bits per heavy atom. The van der Waals surface area contributed by atoms with Crippen LogP contribution in [0.1, 0.15) is 33.1 Å². The standard InChI is InChI=1S/C10H19NO2/c1-3-13-10(2,12)11-7-8-4-5-9(11)6-8/h8-9,12H,3-7H2,1-2H3. The van der Waals surface area contributed by atoms with Crippen LogP contribution in [0.3, 0.4) is 0 Å². The molecule has 1 N–H and O–H groups in total. The summed E-state index contributed by atoms with van der Waals surface area (Å²) in [7, 11) is 0. The fraction of sp³-hybridized carbons (Fsp3) is 1.00. The van der Waals surface area contributed by atoms with Crippen molar-refractivity contribution in [2.75, 3.05) is 13.2 Å². The van der Waals surface area contributed by atoms with E-state index >= 15 is 0 Å². The number of hydrogen-bond donors (Lipinski definition) is 1. The molecule has 13 heavy (non-hydrogen) atoms. The van der Waals surface area contributed by atoms with Gasteiger partial charge in [-0.2, -0.15) is 0 Å². The van der Waals surface area contributed by atoms with Crippen molar-refractivity contribution in [2.24, 2.45) is 5.92 Å². The molecule has 0 aromatic rings. The zero-order chi connectivity index (χ0) is 9.47. The van der Waals surface area contributed by atoms with Gasteiger partial charge in [0.1, 0.15) is 0 Å². The molecule has 0 amide bonds. The van der Waals surface area contributed by atoms with Crippen molar-refractivity contribution in [3.05, 3.63) is 0 Å². The normalized spacial score (nSPS) is 38.1. The quantitative estimate of drug-likeness (QED) is 0.670. The van der Waals surface area contributed by atoms with Crippen molar-refractivity contribution in [3.8, 4) is 0 Å². The molecule has 1 heterocycles. The number of aliphatic hydroxyl groups is 1. The Labute approximate surface area is 79.7 Å². The number of fused-ring (bicyclic) bond motifs is 2. The van der Waals surface area contributed by atoms with Crippen LogP contribution in [0, 0.1) is 5.92 Å². The lowest BCUT2D eigenvalue weighted by molar-refractivity contribution is -0.286. The number of nitrogens with zero attached hydrogens (tertiary/aromatic N) is 1. The van der Waals surface area contributed by atoms with Gasteiger partial charge < -0.3 is 9.84 Å². The van der Waals surface area contributed by atoms with Gasteiger partial charge in [0, 0.05) is 26.1 Å². The molecule has 1 saturated heterocycles. The first kappa shape index (κ1) is 9.44. The average Bonchev–Trinajstić information content (AvgIpc) is 2.63. The third kappa shape index (κ3) is 1.60. The molecule has 3 nitrogen and oxygen atoms in total. The van der Waals surface area contributed by atoms with Gasteiger partial charge in [-0.1, -0.05) is 0 Å². The van der Waals surface area contributed by atoms with Gasteiger partial charge in [-0.15, -0.1) is 0 Å². The summed E-state index contributed by atoms with van der Waals surface area (Å²) in [5.41, 5.74) is 0. The molecule has 0 aromatic heterocycles. The van der Waals surface area contributed by atoms with E-state index in [9.17, 15) is 5.11 Å². The second kappa shape index (κ2) is 3.23. The van der Waals surface area contributed by atoms with Crippen LogP contribution in [0.5, 0.6) is 0 Å². The van der Waals surface area contributed by atoms with E-state index in [2.05, 4.69) is 4.90 Å². The Kier molecular flexibility index (Phi) is 2.34. The molecule has 76 valence electrons. The third-order valence-corrected chi connectivity index (χ3v) is 3.36. The molecule has 3 unspecified atom stereocenters. The first-order valence-corrected chi connectivity index (χ1v) is 5.26. The van der Waals surface area contributed by atoms with E-state index in [0.29, 0.717) is 12.6 Å². The predicted octanol–water partition coefficient (Wildman–Crippen LogP) is 1.17. The van der Waals surface area contributed by atoms with Crippen molar-refractivity contribution in [3.63, 3.8) is 0 Å². The van der Waals surface area contributed by atoms with Gasteiger partial charge in [-0.3, -0.25) is 0 Å². The predicted molar refractivity (Wildman–Crippen MR) is 50.1 cm³/mol. The van der Waals surface area contributed by atoms with Crippen LogP contribution in [0.15, 0.2) is 0 Å². The highest BCUT2D eigenvalue weighted by atomic mass is 16.6. The highest BCUT2D eigenvalue weighted by molar-refractivity contribution is 4.94. The summed E-state index contributed by atoms with van der Waals surface area (Å²) in [4.78, 5) is 2.12. The first-order valence-electron chi connectivity index (χ1n) is 5.26. The molecular formula is C10H19NO2. The van der Waals surface area contributed by atoms with Crippen molar-refractivity contribution < 1.29 is 9.84 Å². The van der Waals surface area contributed by atoms with Gasteiger partial charge >= 0.3 is 0 Å². The topological polar surface area (TPSA) is 32.7 Å². The van der Waals surface area contributed by atoms with Crippen molar-refractivity contribution in [2.45, 2.75) is 45.1 Å². The summed E-state index contributed by atoms with van der Waals surface area (Å²) < 4.78 is 5.35. The van der Waals surface area contributed by atoms with Gasteiger partial charge in [0.05, 0.1) is 0 Å². The Balaban J connectivity index is 2.01. The zero-order valence-corrected chi connectivity index (χ0v) is 8.49. The maximum atomic E-state index is 10.0. The van der Waals surface area contributed by atoms with Crippen LogP contribution in [-0.2, 0) is 4.74 Å². The smallest absolute Gasteiger partial charge is 0.224 e. The van der Waals surface area contributed by atoms with Crippen LogP contribution in [0.4, 0.5) is 0 Å². The molecule has 2 bridgehead atoms. The van der Waals surface area contributed by atoms with E-state index in [1.54, 1.807) is 6.92 Å². The van der Waals surface area contributed by atoms with Crippen LogP contribution in [0.25, 0.3) is 0 Å². The fourth-order valence-corrected chi connectivity index (χ4v) is 2.79. The van der Waals surface area contributed by atoms with E-state index in [4.69, 9.17) is 4.74 Å². The van der Waals surface area contributed by atoms with Gasteiger partial charge in [0.2, 0.25) is 5.91 Å². The van der Waals surface area contributed by atoms with Gasteiger partial charge in [0.15, 0.2) is 0 Å². The molecule has 0 aromatic carbocycles. The zero-order valence-electron chi connectivity index (χ0n) is 8.49. The number of piperidine rings is 1. The Morgan fingerprint density at radius 2 is 2.31 bits per heavy atom. The Bertz CT molecular complexity index is 193. The summed E-state index contributed by atoms with van der Waals surface area (Å²) in [5, 5.41) is 10.0. The molecule has 1 aliphatic heterocycles. The summed E-state index contributed by atoms with van der Waals surface area (Å²) in [6, 6.07) is 0.562. The summed E-state index contributed by atoms with van der Waals surface area (Å²) >= 11 is 0. The van der Waals surface area contributed by atoms with Gasteiger partial charge in [-0.25, -0.2) is 4.90 Å². The van der Waals surface area contributed by atoms with E-state index < -0.39 is 5.91 Å². The molecule has 2 fully saturated rings. The van der Waals surface area contributed by atoms with E-state index in [0.717, 1.165) is 12.5 Å². The van der Waals surface area contributed by atoms with Crippen molar-refractivity contribution >= 4 is 0 Å². The monoisotopic (exact) mass is 185 g/mol. The van der Waals surface area contributed by atoms with Crippen LogP contribution < -0.4 is 0 Å². The average molecular weight is 185 g/mol. The molecule has 3 atom stereocenters. The van der Waals surface area contributed by atoms with Crippen LogP contribution >= 0.6 is 0 Å². The minimum atomic E-state index is -1.03. The Hall–Kier alpha value is -0.120. The molecular weight excluding hydrogens is 166 g/mol. The number of ether oxygens (including phenoxy) is 1. The number of rotatable bonds is 3. The molecule has 3 heteroatoms. The largest absolute Gasteiger partial charge is 0.353 e. The van der Waals surface area contributed by atoms with Crippen LogP contribution in [-0.4, -0.2) is 35.1 Å². The van der Waals surface area contributed by atoms with E-state index in [1.165, 1.54) is 19.3 Å². The highest BCUT2D eigenvalue weighted by Crippen LogP contribution is 2.40. The number of hydrogen-bond acceptors (Lipinski definition) is 3. The first-order chi connectivity index (χ1) is 6.13. The summed E-state index contributed by atoms with van der Waals surface area (Å²) in [6.45, 7) is 5.26. The second-order valence-electron chi connectivity index (χ2n) is 4.35.